The molecule has 0 unspecified atom stereocenters. The predicted octanol–water partition coefficient (Wildman–Crippen LogP) is 4.26. The quantitative estimate of drug-likeness (QED) is 0.732. The van der Waals surface area contributed by atoms with Crippen molar-refractivity contribution in [3.05, 3.63) is 60.7 Å². The van der Waals surface area contributed by atoms with Gasteiger partial charge in [-0.3, -0.25) is 0 Å². The molecule has 0 saturated heterocycles. The summed E-state index contributed by atoms with van der Waals surface area (Å²) < 4.78 is 0. The Hall–Kier alpha value is -0.920. The zero-order chi connectivity index (χ0) is 8.93. The lowest BCUT2D eigenvalue weighted by atomic mass is 10.4. The summed E-state index contributed by atoms with van der Waals surface area (Å²) in [4.78, 5) is 2.57. The number of rotatable bonds is 2. The molecule has 14 heavy (non-hydrogen) atoms. The van der Waals surface area contributed by atoms with E-state index in [0.717, 1.165) is 0 Å². The summed E-state index contributed by atoms with van der Waals surface area (Å²) in [6.07, 6.45) is 0. The monoisotopic (exact) mass is 222 g/mol. The van der Waals surface area contributed by atoms with Crippen molar-refractivity contribution in [1.82, 2.24) is 0 Å². The Morgan fingerprint density at radius 3 is 1.29 bits per heavy atom. The molecule has 0 aromatic heterocycles. The van der Waals surface area contributed by atoms with Crippen LogP contribution in [0.4, 0.5) is 0 Å². The van der Waals surface area contributed by atoms with Crippen LogP contribution in [0.1, 0.15) is 0 Å². The van der Waals surface area contributed by atoms with Crippen LogP contribution in [0.2, 0.25) is 0 Å². The molecule has 0 atom stereocenters. The van der Waals surface area contributed by atoms with Gasteiger partial charge in [-0.1, -0.05) is 48.2 Å². The van der Waals surface area contributed by atoms with Gasteiger partial charge in [0.25, 0.3) is 0 Å². The standard InChI is InChI=1S/C12H10S.ClH/c1-3-7-11(8-4-1)13-12-9-5-2-6-10-12;/h1-10H;1H. The zero-order valence-corrected chi connectivity index (χ0v) is 9.22. The van der Waals surface area contributed by atoms with E-state index in [1.165, 1.54) is 9.79 Å². The Balaban J connectivity index is 0.000000980. The summed E-state index contributed by atoms with van der Waals surface area (Å²) >= 11 is 1.79. The smallest absolute Gasteiger partial charge is 0.0122 e. The van der Waals surface area contributed by atoms with E-state index < -0.39 is 0 Å². The molecule has 0 amide bonds. The maximum absolute atomic E-state index is 2.12. The summed E-state index contributed by atoms with van der Waals surface area (Å²) in [5.41, 5.74) is 0. The van der Waals surface area contributed by atoms with E-state index in [-0.39, 0.29) is 12.4 Å². The van der Waals surface area contributed by atoms with Crippen LogP contribution in [-0.2, 0) is 0 Å². The van der Waals surface area contributed by atoms with Gasteiger partial charge in [0.2, 0.25) is 0 Å². The van der Waals surface area contributed by atoms with Gasteiger partial charge in [-0.25, -0.2) is 0 Å². The van der Waals surface area contributed by atoms with Crippen molar-refractivity contribution in [2.75, 3.05) is 0 Å². The average Bonchev–Trinajstić information content (AvgIpc) is 2.21. The molecule has 0 radical (unpaired) electrons. The number of halogens is 1. The SMILES string of the molecule is Cl.c1ccc(Sc2ccccc2)cc1. The summed E-state index contributed by atoms with van der Waals surface area (Å²) in [7, 11) is 0. The van der Waals surface area contributed by atoms with Crippen LogP contribution in [0.25, 0.3) is 0 Å². The highest BCUT2D eigenvalue weighted by molar-refractivity contribution is 7.99. The van der Waals surface area contributed by atoms with Gasteiger partial charge < -0.3 is 0 Å². The van der Waals surface area contributed by atoms with E-state index >= 15 is 0 Å². The molecule has 0 bridgehead atoms. The minimum Gasteiger partial charge on any atom is -0.147 e. The molecule has 0 saturated carbocycles. The highest BCUT2D eigenvalue weighted by Gasteiger charge is 1.93. The van der Waals surface area contributed by atoms with Crippen molar-refractivity contribution < 1.29 is 0 Å². The average molecular weight is 223 g/mol. The van der Waals surface area contributed by atoms with Crippen LogP contribution in [-0.4, -0.2) is 0 Å². The molecule has 0 aliphatic heterocycles. The van der Waals surface area contributed by atoms with Crippen LogP contribution in [0.15, 0.2) is 70.5 Å². The number of hydrogen-bond donors (Lipinski definition) is 0. The van der Waals surface area contributed by atoms with E-state index in [1.54, 1.807) is 11.8 Å². The van der Waals surface area contributed by atoms with Crippen LogP contribution >= 0.6 is 24.2 Å². The fourth-order valence-corrected chi connectivity index (χ4v) is 1.97. The second-order valence-corrected chi connectivity index (χ2v) is 3.88. The summed E-state index contributed by atoms with van der Waals surface area (Å²) in [6, 6.07) is 20.8. The minimum atomic E-state index is 0. The minimum absolute atomic E-state index is 0. The molecule has 0 N–H and O–H groups in total. The number of hydrogen-bond acceptors (Lipinski definition) is 1. The molecule has 2 aromatic rings. The van der Waals surface area contributed by atoms with Crippen LogP contribution in [0, 0.1) is 0 Å². The van der Waals surface area contributed by atoms with E-state index in [1.807, 2.05) is 12.1 Å². The topological polar surface area (TPSA) is 0 Å². The third-order valence-corrected chi connectivity index (χ3v) is 2.74. The molecule has 0 heterocycles. The first kappa shape index (κ1) is 11.2. The van der Waals surface area contributed by atoms with Gasteiger partial charge in [0.1, 0.15) is 0 Å². The second kappa shape index (κ2) is 5.74. The Morgan fingerprint density at radius 2 is 0.929 bits per heavy atom. The lowest BCUT2D eigenvalue weighted by Gasteiger charge is -1.99. The summed E-state index contributed by atoms with van der Waals surface area (Å²) in [5.74, 6) is 0. The molecule has 0 nitrogen and oxygen atoms in total. The predicted molar refractivity (Wildman–Crippen MR) is 64.3 cm³/mol. The molecule has 2 rings (SSSR count). The largest absolute Gasteiger partial charge is 0.147 e. The Labute approximate surface area is 94.8 Å². The molecule has 2 aromatic carbocycles. The highest BCUT2D eigenvalue weighted by Crippen LogP contribution is 2.26. The summed E-state index contributed by atoms with van der Waals surface area (Å²) in [6.45, 7) is 0. The number of benzene rings is 2. The lowest BCUT2D eigenvalue weighted by molar-refractivity contribution is 1.41. The third-order valence-electron chi connectivity index (χ3n) is 1.72. The van der Waals surface area contributed by atoms with Gasteiger partial charge in [0, 0.05) is 9.79 Å². The lowest BCUT2D eigenvalue weighted by Crippen LogP contribution is -1.70. The first-order valence-electron chi connectivity index (χ1n) is 4.23. The normalized spacial score (nSPS) is 9.14. The van der Waals surface area contributed by atoms with E-state index in [4.69, 9.17) is 0 Å². The van der Waals surface area contributed by atoms with Crippen molar-refractivity contribution >= 4 is 24.2 Å². The highest BCUT2D eigenvalue weighted by atomic mass is 35.5. The van der Waals surface area contributed by atoms with Gasteiger partial charge in [0.05, 0.1) is 0 Å². The molecular formula is C12H11ClS. The van der Waals surface area contributed by atoms with Crippen LogP contribution < -0.4 is 0 Å². The fourth-order valence-electron chi connectivity index (χ4n) is 1.11. The molecule has 0 aliphatic rings. The van der Waals surface area contributed by atoms with E-state index in [2.05, 4.69) is 48.5 Å². The Bertz CT molecular complexity index is 321. The van der Waals surface area contributed by atoms with Crippen molar-refractivity contribution in [2.45, 2.75) is 9.79 Å². The first-order valence-corrected chi connectivity index (χ1v) is 5.05. The summed E-state index contributed by atoms with van der Waals surface area (Å²) in [5, 5.41) is 0. The maximum Gasteiger partial charge on any atom is 0.0122 e. The van der Waals surface area contributed by atoms with Gasteiger partial charge >= 0.3 is 0 Å². The van der Waals surface area contributed by atoms with E-state index in [0.29, 0.717) is 0 Å². The van der Waals surface area contributed by atoms with Crippen molar-refractivity contribution in [2.24, 2.45) is 0 Å². The third kappa shape index (κ3) is 3.09. The van der Waals surface area contributed by atoms with Crippen LogP contribution in [0.5, 0.6) is 0 Å². The molecule has 2 heteroatoms. The van der Waals surface area contributed by atoms with Gasteiger partial charge in [-0.05, 0) is 24.3 Å². The fraction of sp³-hybridized carbons (Fsp3) is 0. The van der Waals surface area contributed by atoms with Crippen molar-refractivity contribution in [3.63, 3.8) is 0 Å². The zero-order valence-electron chi connectivity index (χ0n) is 7.59. The van der Waals surface area contributed by atoms with Gasteiger partial charge in [0.15, 0.2) is 0 Å². The van der Waals surface area contributed by atoms with Gasteiger partial charge in [-0.15, -0.1) is 12.4 Å². The molecular weight excluding hydrogens is 212 g/mol. The molecule has 0 aliphatic carbocycles. The Kier molecular flexibility index (Phi) is 4.57. The molecule has 72 valence electrons. The van der Waals surface area contributed by atoms with E-state index in [9.17, 15) is 0 Å². The molecule has 0 spiro atoms. The first-order chi connectivity index (χ1) is 6.45. The Morgan fingerprint density at radius 1 is 0.571 bits per heavy atom. The maximum atomic E-state index is 2.12. The van der Waals surface area contributed by atoms with Crippen molar-refractivity contribution in [1.29, 1.82) is 0 Å². The van der Waals surface area contributed by atoms with Crippen molar-refractivity contribution in [3.8, 4) is 0 Å². The molecule has 0 fully saturated rings. The second-order valence-electron chi connectivity index (χ2n) is 2.73. The van der Waals surface area contributed by atoms with Gasteiger partial charge in [-0.2, -0.15) is 0 Å². The van der Waals surface area contributed by atoms with Crippen LogP contribution in [0.3, 0.4) is 0 Å².